The first-order valence-corrected chi connectivity index (χ1v) is 10.2. The zero-order valence-electron chi connectivity index (χ0n) is 17.1. The number of carbonyl (C=O) groups is 1. The van der Waals surface area contributed by atoms with Gasteiger partial charge in [0, 0.05) is 47.3 Å². The van der Waals surface area contributed by atoms with E-state index in [0.29, 0.717) is 32.6 Å². The van der Waals surface area contributed by atoms with Crippen LogP contribution in [-0.2, 0) is 18.4 Å². The number of aryl methyl sites for hydroxylation is 1. The number of methoxy groups -OCH3 is 1. The Balaban J connectivity index is 1.79. The molecule has 1 aromatic carbocycles. The van der Waals surface area contributed by atoms with Gasteiger partial charge in [-0.05, 0) is 31.2 Å². The van der Waals surface area contributed by atoms with Crippen molar-refractivity contribution >= 4 is 40.1 Å². The molecule has 158 valence electrons. The molecule has 0 N–H and O–H groups in total. The molecule has 6 nitrogen and oxygen atoms in total. The fraction of sp³-hybridized carbons (Fsp3) is 0.174. The SMILES string of the molecule is COC(=O)c1ccc(-c2cc(C)nc3c(OCc4c(Cl)cncc4Cl)cccc23)n1C. The molecule has 0 amide bonds. The third-order valence-corrected chi connectivity index (χ3v) is 5.70. The summed E-state index contributed by atoms with van der Waals surface area (Å²) in [5.74, 6) is 0.216. The highest BCUT2D eigenvalue weighted by Crippen LogP contribution is 2.35. The van der Waals surface area contributed by atoms with E-state index >= 15 is 0 Å². The molecule has 0 aliphatic rings. The lowest BCUT2D eigenvalue weighted by molar-refractivity contribution is 0.0590. The summed E-state index contributed by atoms with van der Waals surface area (Å²) in [6, 6.07) is 11.4. The third-order valence-electron chi connectivity index (χ3n) is 5.05. The molecule has 0 saturated heterocycles. The zero-order chi connectivity index (χ0) is 22.1. The Hall–Kier alpha value is -3.09. The van der Waals surface area contributed by atoms with Gasteiger partial charge in [-0.2, -0.15) is 0 Å². The van der Waals surface area contributed by atoms with E-state index in [1.165, 1.54) is 19.5 Å². The van der Waals surface area contributed by atoms with Crippen LogP contribution in [0.2, 0.25) is 10.0 Å². The molecule has 3 aromatic heterocycles. The normalized spacial score (nSPS) is 11.0. The fourth-order valence-electron chi connectivity index (χ4n) is 3.50. The lowest BCUT2D eigenvalue weighted by Gasteiger charge is -2.14. The van der Waals surface area contributed by atoms with Crippen LogP contribution in [0.3, 0.4) is 0 Å². The molecule has 3 heterocycles. The Morgan fingerprint density at radius 3 is 2.58 bits per heavy atom. The minimum absolute atomic E-state index is 0.181. The average molecular weight is 456 g/mol. The first kappa shape index (κ1) is 21.2. The standard InChI is InChI=1S/C23H19Cl2N3O3/c1-13-9-15(19-7-8-20(28(19)2)23(29)30-3)14-5-4-6-21(22(14)27-13)31-12-16-17(24)10-26-11-18(16)25/h4-11H,12H2,1-3H3. The zero-order valence-corrected chi connectivity index (χ0v) is 18.7. The number of ether oxygens (including phenoxy) is 2. The van der Waals surface area contributed by atoms with Crippen molar-refractivity contribution in [3.05, 3.63) is 75.8 Å². The molecule has 4 aromatic rings. The van der Waals surface area contributed by atoms with Crippen molar-refractivity contribution < 1.29 is 14.3 Å². The molecular weight excluding hydrogens is 437 g/mol. The van der Waals surface area contributed by atoms with E-state index in [4.69, 9.17) is 37.7 Å². The summed E-state index contributed by atoms with van der Waals surface area (Å²) in [7, 11) is 3.20. The molecule has 0 spiro atoms. The number of nitrogens with zero attached hydrogens (tertiary/aromatic N) is 3. The fourth-order valence-corrected chi connectivity index (χ4v) is 3.97. The summed E-state index contributed by atoms with van der Waals surface area (Å²) < 4.78 is 12.7. The van der Waals surface area contributed by atoms with Crippen molar-refractivity contribution in [2.75, 3.05) is 7.11 Å². The number of pyridine rings is 2. The highest BCUT2D eigenvalue weighted by molar-refractivity contribution is 6.35. The highest BCUT2D eigenvalue weighted by Gasteiger charge is 2.18. The lowest BCUT2D eigenvalue weighted by atomic mass is 10.0. The maximum Gasteiger partial charge on any atom is 0.354 e. The van der Waals surface area contributed by atoms with E-state index in [-0.39, 0.29) is 12.6 Å². The largest absolute Gasteiger partial charge is 0.487 e. The van der Waals surface area contributed by atoms with Crippen LogP contribution in [0.1, 0.15) is 21.7 Å². The maximum atomic E-state index is 12.0. The third kappa shape index (κ3) is 3.96. The van der Waals surface area contributed by atoms with Crippen LogP contribution < -0.4 is 4.74 Å². The van der Waals surface area contributed by atoms with Crippen LogP contribution in [0, 0.1) is 6.92 Å². The number of halogens is 2. The van der Waals surface area contributed by atoms with Crippen molar-refractivity contribution in [2.45, 2.75) is 13.5 Å². The van der Waals surface area contributed by atoms with Crippen molar-refractivity contribution in [1.82, 2.24) is 14.5 Å². The van der Waals surface area contributed by atoms with Gasteiger partial charge in [0.25, 0.3) is 0 Å². The second-order valence-electron chi connectivity index (χ2n) is 6.99. The minimum Gasteiger partial charge on any atom is -0.487 e. The highest BCUT2D eigenvalue weighted by atomic mass is 35.5. The van der Waals surface area contributed by atoms with E-state index in [2.05, 4.69) is 4.98 Å². The molecule has 8 heteroatoms. The van der Waals surface area contributed by atoms with Gasteiger partial charge < -0.3 is 14.0 Å². The van der Waals surface area contributed by atoms with E-state index in [0.717, 1.165) is 22.3 Å². The van der Waals surface area contributed by atoms with Crippen LogP contribution >= 0.6 is 23.2 Å². The molecule has 31 heavy (non-hydrogen) atoms. The van der Waals surface area contributed by atoms with Crippen LogP contribution in [0.25, 0.3) is 22.2 Å². The molecule has 4 rings (SSSR count). The van der Waals surface area contributed by atoms with Gasteiger partial charge >= 0.3 is 5.97 Å². The minimum atomic E-state index is -0.390. The maximum absolute atomic E-state index is 12.0. The molecular formula is C23H19Cl2N3O3. The Kier molecular flexibility index (Phi) is 5.85. The Labute approximate surface area is 189 Å². The number of hydrogen-bond donors (Lipinski definition) is 0. The quantitative estimate of drug-likeness (QED) is 0.365. The Bertz CT molecular complexity index is 1280. The van der Waals surface area contributed by atoms with Crippen molar-refractivity contribution in [2.24, 2.45) is 7.05 Å². The number of hydrogen-bond acceptors (Lipinski definition) is 5. The van der Waals surface area contributed by atoms with Crippen molar-refractivity contribution in [3.8, 4) is 17.0 Å². The summed E-state index contributed by atoms with van der Waals surface area (Å²) in [6.45, 7) is 2.10. The molecule has 0 radical (unpaired) electrons. The topological polar surface area (TPSA) is 66.2 Å². The van der Waals surface area contributed by atoms with Gasteiger partial charge in [0.2, 0.25) is 0 Å². The average Bonchev–Trinajstić information content (AvgIpc) is 3.13. The number of carbonyl (C=O) groups excluding carboxylic acids is 1. The number of fused-ring (bicyclic) bond motifs is 1. The Morgan fingerprint density at radius 2 is 1.87 bits per heavy atom. The molecule has 0 atom stereocenters. The smallest absolute Gasteiger partial charge is 0.354 e. The van der Waals surface area contributed by atoms with Crippen LogP contribution in [0.15, 0.2) is 48.8 Å². The summed E-state index contributed by atoms with van der Waals surface area (Å²) >= 11 is 12.4. The van der Waals surface area contributed by atoms with Gasteiger partial charge in [-0.15, -0.1) is 0 Å². The molecule has 0 saturated carbocycles. The predicted octanol–water partition coefficient (Wildman–Crippen LogP) is 5.62. The van der Waals surface area contributed by atoms with E-state index in [1.807, 2.05) is 48.9 Å². The van der Waals surface area contributed by atoms with Gasteiger partial charge in [0.1, 0.15) is 23.6 Å². The number of aromatic nitrogens is 3. The van der Waals surface area contributed by atoms with Gasteiger partial charge in [-0.25, -0.2) is 9.78 Å². The van der Waals surface area contributed by atoms with Crippen molar-refractivity contribution in [1.29, 1.82) is 0 Å². The lowest BCUT2D eigenvalue weighted by Crippen LogP contribution is -2.08. The predicted molar refractivity (Wildman–Crippen MR) is 121 cm³/mol. The van der Waals surface area contributed by atoms with Crippen LogP contribution in [0.4, 0.5) is 0 Å². The van der Waals surface area contributed by atoms with Crippen LogP contribution in [0.5, 0.6) is 5.75 Å². The number of rotatable bonds is 5. The van der Waals surface area contributed by atoms with Gasteiger partial charge in [0.05, 0.1) is 17.2 Å². The molecule has 0 unspecified atom stereocenters. The molecule has 0 aliphatic heterocycles. The summed E-state index contributed by atoms with van der Waals surface area (Å²) in [4.78, 5) is 20.7. The second-order valence-corrected chi connectivity index (χ2v) is 7.80. The second kappa shape index (κ2) is 8.57. The molecule has 0 bridgehead atoms. The van der Waals surface area contributed by atoms with Crippen LogP contribution in [-0.4, -0.2) is 27.6 Å². The summed E-state index contributed by atoms with van der Waals surface area (Å²) in [5, 5.41) is 1.78. The van der Waals surface area contributed by atoms with E-state index in [1.54, 1.807) is 6.07 Å². The molecule has 0 aliphatic carbocycles. The van der Waals surface area contributed by atoms with E-state index < -0.39 is 0 Å². The van der Waals surface area contributed by atoms with E-state index in [9.17, 15) is 4.79 Å². The monoisotopic (exact) mass is 455 g/mol. The first-order valence-electron chi connectivity index (χ1n) is 9.46. The summed E-state index contributed by atoms with van der Waals surface area (Å²) in [5.41, 5.74) is 4.46. The molecule has 0 fully saturated rings. The number of benzene rings is 1. The van der Waals surface area contributed by atoms with Gasteiger partial charge in [-0.1, -0.05) is 35.3 Å². The number of para-hydroxylation sites is 1. The van der Waals surface area contributed by atoms with Gasteiger partial charge in [-0.3, -0.25) is 4.98 Å². The summed E-state index contributed by atoms with van der Waals surface area (Å²) in [6.07, 6.45) is 3.06. The first-order chi connectivity index (χ1) is 14.9. The Morgan fingerprint density at radius 1 is 1.13 bits per heavy atom. The van der Waals surface area contributed by atoms with Gasteiger partial charge in [0.15, 0.2) is 0 Å². The van der Waals surface area contributed by atoms with Crippen molar-refractivity contribution in [3.63, 3.8) is 0 Å². The number of esters is 1.